The Morgan fingerprint density at radius 3 is 3.21 bits per heavy atom. The third kappa shape index (κ3) is 4.56. The van der Waals surface area contributed by atoms with Crippen LogP contribution in [0, 0.1) is 0 Å². The molecule has 1 aromatic rings. The summed E-state index contributed by atoms with van der Waals surface area (Å²) in [6.45, 7) is 7.61. The van der Waals surface area contributed by atoms with Crippen LogP contribution in [0.5, 0.6) is 0 Å². The molecule has 2 rings (SSSR count). The van der Waals surface area contributed by atoms with Crippen molar-refractivity contribution in [2.75, 3.05) is 33.4 Å². The first-order valence-corrected chi connectivity index (χ1v) is 7.17. The highest BCUT2D eigenvalue weighted by Gasteiger charge is 2.19. The van der Waals surface area contributed by atoms with Crippen LogP contribution in [0.2, 0.25) is 0 Å². The van der Waals surface area contributed by atoms with Gasteiger partial charge in [0.25, 0.3) is 0 Å². The molecule has 0 amide bonds. The number of likely N-dealkylation sites (N-methyl/N-ethyl adjacent to an activating group) is 1. The largest absolute Gasteiger partial charge is 0.380 e. The molecular formula is C13H25N5O. The number of hydrogen-bond acceptors (Lipinski definition) is 5. The van der Waals surface area contributed by atoms with Crippen LogP contribution in [-0.4, -0.2) is 59.3 Å². The number of ether oxygens (including phenoxy) is 1. The molecule has 1 unspecified atom stereocenters. The van der Waals surface area contributed by atoms with E-state index in [0.717, 1.165) is 57.9 Å². The molecule has 0 spiro atoms. The van der Waals surface area contributed by atoms with Crippen molar-refractivity contribution in [2.24, 2.45) is 0 Å². The molecule has 1 fully saturated rings. The van der Waals surface area contributed by atoms with Crippen molar-refractivity contribution in [3.8, 4) is 0 Å². The van der Waals surface area contributed by atoms with E-state index in [-0.39, 0.29) is 0 Å². The van der Waals surface area contributed by atoms with E-state index in [2.05, 4.69) is 34.5 Å². The fourth-order valence-electron chi connectivity index (χ4n) is 2.23. The Morgan fingerprint density at radius 2 is 2.47 bits per heavy atom. The molecule has 6 heteroatoms. The Hall–Kier alpha value is -0.980. The number of aromatic nitrogens is 3. The lowest BCUT2D eigenvalue weighted by molar-refractivity contribution is 0.156. The smallest absolute Gasteiger partial charge is 0.0964 e. The summed E-state index contributed by atoms with van der Waals surface area (Å²) in [4.78, 5) is 2.35. The van der Waals surface area contributed by atoms with Crippen LogP contribution in [0.25, 0.3) is 0 Å². The molecule has 1 aromatic heterocycles. The minimum atomic E-state index is 0.564. The van der Waals surface area contributed by atoms with Crippen LogP contribution in [0.15, 0.2) is 6.20 Å². The predicted molar refractivity (Wildman–Crippen MR) is 73.9 cm³/mol. The van der Waals surface area contributed by atoms with Gasteiger partial charge in [0, 0.05) is 31.9 Å². The molecule has 0 bridgehead atoms. The van der Waals surface area contributed by atoms with Gasteiger partial charge in [-0.05, 0) is 26.4 Å². The first-order valence-electron chi connectivity index (χ1n) is 7.17. The quantitative estimate of drug-likeness (QED) is 0.695. The van der Waals surface area contributed by atoms with Crippen molar-refractivity contribution < 1.29 is 4.74 Å². The maximum atomic E-state index is 5.40. The second-order valence-corrected chi connectivity index (χ2v) is 5.15. The summed E-state index contributed by atoms with van der Waals surface area (Å²) in [5, 5.41) is 11.7. The van der Waals surface area contributed by atoms with Crippen molar-refractivity contribution in [3.05, 3.63) is 11.9 Å². The zero-order valence-corrected chi connectivity index (χ0v) is 12.0. The van der Waals surface area contributed by atoms with Crippen LogP contribution < -0.4 is 5.32 Å². The summed E-state index contributed by atoms with van der Waals surface area (Å²) in [6, 6.07) is 0.564. The summed E-state index contributed by atoms with van der Waals surface area (Å²) in [6.07, 6.45) is 4.31. The molecule has 2 heterocycles. The molecule has 19 heavy (non-hydrogen) atoms. The third-order valence-electron chi connectivity index (χ3n) is 3.53. The molecule has 0 saturated carbocycles. The van der Waals surface area contributed by atoms with Crippen LogP contribution in [0.4, 0.5) is 0 Å². The van der Waals surface area contributed by atoms with E-state index in [1.807, 2.05) is 10.9 Å². The van der Waals surface area contributed by atoms with Crippen molar-refractivity contribution >= 4 is 0 Å². The second-order valence-electron chi connectivity index (χ2n) is 5.15. The Morgan fingerprint density at radius 1 is 1.58 bits per heavy atom. The van der Waals surface area contributed by atoms with Gasteiger partial charge in [0.1, 0.15) is 0 Å². The van der Waals surface area contributed by atoms with E-state index in [9.17, 15) is 0 Å². The van der Waals surface area contributed by atoms with E-state index >= 15 is 0 Å². The fraction of sp³-hybridized carbons (Fsp3) is 0.846. The lowest BCUT2D eigenvalue weighted by Gasteiger charge is -2.22. The molecule has 108 valence electrons. The van der Waals surface area contributed by atoms with Gasteiger partial charge < -0.3 is 10.1 Å². The fourth-order valence-corrected chi connectivity index (χ4v) is 2.23. The van der Waals surface area contributed by atoms with Crippen molar-refractivity contribution in [3.63, 3.8) is 0 Å². The first-order chi connectivity index (χ1) is 9.29. The van der Waals surface area contributed by atoms with E-state index in [1.165, 1.54) is 0 Å². The van der Waals surface area contributed by atoms with Crippen LogP contribution in [-0.2, 0) is 17.8 Å². The SMILES string of the molecule is CCCNCc1cn(CCN(C)C2CCOC2)nn1. The minimum Gasteiger partial charge on any atom is -0.380 e. The molecule has 1 atom stereocenters. The summed E-state index contributed by atoms with van der Waals surface area (Å²) in [5.41, 5.74) is 1.01. The van der Waals surface area contributed by atoms with Gasteiger partial charge in [-0.25, -0.2) is 0 Å². The average Bonchev–Trinajstić information content (AvgIpc) is 3.08. The standard InChI is InChI=1S/C13H25N5O/c1-3-5-14-9-12-10-18(16-15-12)7-6-17(2)13-4-8-19-11-13/h10,13-14H,3-9,11H2,1-2H3. The summed E-state index contributed by atoms with van der Waals surface area (Å²) >= 11 is 0. The zero-order chi connectivity index (χ0) is 13.5. The summed E-state index contributed by atoms with van der Waals surface area (Å²) in [5.74, 6) is 0. The summed E-state index contributed by atoms with van der Waals surface area (Å²) < 4.78 is 7.33. The van der Waals surface area contributed by atoms with Gasteiger partial charge in [-0.15, -0.1) is 5.10 Å². The normalized spacial score (nSPS) is 19.4. The molecule has 1 aliphatic heterocycles. The molecule has 0 aliphatic carbocycles. The Labute approximate surface area is 115 Å². The molecule has 1 N–H and O–H groups in total. The maximum Gasteiger partial charge on any atom is 0.0964 e. The monoisotopic (exact) mass is 267 g/mol. The highest BCUT2D eigenvalue weighted by atomic mass is 16.5. The maximum absolute atomic E-state index is 5.40. The minimum absolute atomic E-state index is 0.564. The first kappa shape index (κ1) is 14.4. The van der Waals surface area contributed by atoms with Gasteiger partial charge in [0.15, 0.2) is 0 Å². The Kier molecular flexibility index (Phi) is 5.75. The molecule has 0 aromatic carbocycles. The average molecular weight is 267 g/mol. The van der Waals surface area contributed by atoms with Crippen LogP contribution in [0.3, 0.4) is 0 Å². The van der Waals surface area contributed by atoms with Crippen molar-refractivity contribution in [2.45, 2.75) is 38.9 Å². The molecule has 1 aliphatic rings. The van der Waals surface area contributed by atoms with Gasteiger partial charge in [-0.3, -0.25) is 9.58 Å². The second kappa shape index (κ2) is 7.57. The van der Waals surface area contributed by atoms with Gasteiger partial charge in [0.05, 0.1) is 18.8 Å². The Balaban J connectivity index is 1.70. The van der Waals surface area contributed by atoms with Gasteiger partial charge >= 0.3 is 0 Å². The number of hydrogen-bond donors (Lipinski definition) is 1. The molecule has 6 nitrogen and oxygen atoms in total. The van der Waals surface area contributed by atoms with Gasteiger partial charge in [-0.1, -0.05) is 12.1 Å². The number of rotatable bonds is 8. The van der Waals surface area contributed by atoms with Crippen molar-refractivity contribution in [1.82, 2.24) is 25.2 Å². The zero-order valence-electron chi connectivity index (χ0n) is 12.0. The summed E-state index contributed by atoms with van der Waals surface area (Å²) in [7, 11) is 2.15. The lowest BCUT2D eigenvalue weighted by Crippen LogP contribution is -2.34. The van der Waals surface area contributed by atoms with Crippen LogP contribution >= 0.6 is 0 Å². The topological polar surface area (TPSA) is 55.2 Å². The lowest BCUT2D eigenvalue weighted by atomic mass is 10.2. The van der Waals surface area contributed by atoms with Crippen LogP contribution in [0.1, 0.15) is 25.5 Å². The number of nitrogens with one attached hydrogen (secondary N) is 1. The van der Waals surface area contributed by atoms with E-state index in [0.29, 0.717) is 6.04 Å². The van der Waals surface area contributed by atoms with E-state index in [4.69, 9.17) is 4.74 Å². The molecule has 1 saturated heterocycles. The Bertz CT molecular complexity index is 362. The molecule has 0 radical (unpaired) electrons. The highest BCUT2D eigenvalue weighted by Crippen LogP contribution is 2.10. The third-order valence-corrected chi connectivity index (χ3v) is 3.53. The van der Waals surface area contributed by atoms with Gasteiger partial charge in [0.2, 0.25) is 0 Å². The van der Waals surface area contributed by atoms with E-state index < -0.39 is 0 Å². The highest BCUT2D eigenvalue weighted by molar-refractivity contribution is 4.91. The van der Waals surface area contributed by atoms with Crippen molar-refractivity contribution in [1.29, 1.82) is 0 Å². The number of nitrogens with zero attached hydrogens (tertiary/aromatic N) is 4. The molecular weight excluding hydrogens is 242 g/mol. The van der Waals surface area contributed by atoms with Gasteiger partial charge in [-0.2, -0.15) is 0 Å². The predicted octanol–water partition coefficient (Wildman–Crippen LogP) is 0.498. The van der Waals surface area contributed by atoms with E-state index in [1.54, 1.807) is 0 Å².